The first-order valence-electron chi connectivity index (χ1n) is 8.76. The van der Waals surface area contributed by atoms with Crippen LogP contribution in [-0.2, 0) is 22.4 Å². The SMILES string of the molecule is CC(Cc1c[nH]c2ccccc12)NC(=O)[C@H](Cc1ccccc1)NC=O. The van der Waals surface area contributed by atoms with Gasteiger partial charge in [0.25, 0.3) is 0 Å². The summed E-state index contributed by atoms with van der Waals surface area (Å²) < 4.78 is 0. The summed E-state index contributed by atoms with van der Waals surface area (Å²) >= 11 is 0. The Kier molecular flexibility index (Phi) is 5.69. The minimum Gasteiger partial charge on any atom is -0.361 e. The largest absolute Gasteiger partial charge is 0.361 e. The molecule has 0 aliphatic carbocycles. The molecular formula is C21H23N3O2. The maximum absolute atomic E-state index is 12.6. The first-order chi connectivity index (χ1) is 12.7. The van der Waals surface area contributed by atoms with Crippen molar-refractivity contribution in [1.29, 1.82) is 0 Å². The van der Waals surface area contributed by atoms with Crippen molar-refractivity contribution in [2.45, 2.75) is 31.8 Å². The highest BCUT2D eigenvalue weighted by Crippen LogP contribution is 2.19. The number of carbonyl (C=O) groups excluding carboxylic acids is 2. The molecule has 134 valence electrons. The first-order valence-corrected chi connectivity index (χ1v) is 8.76. The molecule has 0 fully saturated rings. The lowest BCUT2D eigenvalue weighted by Crippen LogP contribution is -2.48. The lowest BCUT2D eigenvalue weighted by Gasteiger charge is -2.20. The van der Waals surface area contributed by atoms with E-state index in [1.807, 2.05) is 61.7 Å². The molecule has 3 N–H and O–H groups in total. The van der Waals surface area contributed by atoms with Crippen molar-refractivity contribution in [2.75, 3.05) is 0 Å². The number of hydrogen-bond acceptors (Lipinski definition) is 2. The molecule has 0 aliphatic rings. The average Bonchev–Trinajstić information content (AvgIpc) is 3.05. The van der Waals surface area contributed by atoms with Crippen molar-refractivity contribution in [3.63, 3.8) is 0 Å². The molecule has 2 aromatic carbocycles. The maximum Gasteiger partial charge on any atom is 0.243 e. The molecule has 0 saturated carbocycles. The average molecular weight is 349 g/mol. The fourth-order valence-corrected chi connectivity index (χ4v) is 3.18. The second kappa shape index (κ2) is 8.34. The van der Waals surface area contributed by atoms with Crippen molar-refractivity contribution in [3.8, 4) is 0 Å². The molecule has 0 bridgehead atoms. The van der Waals surface area contributed by atoms with Crippen LogP contribution in [0.25, 0.3) is 10.9 Å². The Morgan fingerprint density at radius 1 is 1.08 bits per heavy atom. The topological polar surface area (TPSA) is 74.0 Å². The van der Waals surface area contributed by atoms with E-state index in [-0.39, 0.29) is 11.9 Å². The van der Waals surface area contributed by atoms with Crippen molar-refractivity contribution in [2.24, 2.45) is 0 Å². The van der Waals surface area contributed by atoms with Gasteiger partial charge in [-0.15, -0.1) is 0 Å². The van der Waals surface area contributed by atoms with E-state index in [2.05, 4.69) is 21.7 Å². The standard InChI is InChI=1S/C21H23N3O2/c1-15(11-17-13-22-19-10-6-5-9-18(17)19)24-21(26)20(23-14-25)12-16-7-3-2-4-8-16/h2-10,13-15,20,22H,11-12H2,1H3,(H,23,25)(H,24,26)/t15?,20-/m0/s1. The number of amides is 2. The molecular weight excluding hydrogens is 326 g/mol. The van der Waals surface area contributed by atoms with E-state index >= 15 is 0 Å². The van der Waals surface area contributed by atoms with Gasteiger partial charge in [0.1, 0.15) is 6.04 Å². The van der Waals surface area contributed by atoms with Gasteiger partial charge in [-0.2, -0.15) is 0 Å². The molecule has 1 aromatic heterocycles. The lowest BCUT2D eigenvalue weighted by atomic mass is 10.0. The number of rotatable bonds is 8. The third-order valence-electron chi connectivity index (χ3n) is 4.46. The normalized spacial score (nSPS) is 13.1. The Labute approximate surface area is 152 Å². The lowest BCUT2D eigenvalue weighted by molar-refractivity contribution is -0.125. The van der Waals surface area contributed by atoms with Crippen molar-refractivity contribution < 1.29 is 9.59 Å². The maximum atomic E-state index is 12.6. The number of aromatic nitrogens is 1. The number of fused-ring (bicyclic) bond motifs is 1. The van der Waals surface area contributed by atoms with E-state index in [9.17, 15) is 9.59 Å². The number of benzene rings is 2. The number of para-hydroxylation sites is 1. The monoisotopic (exact) mass is 349 g/mol. The second-order valence-corrected chi connectivity index (χ2v) is 6.50. The van der Waals surface area contributed by atoms with E-state index in [0.29, 0.717) is 12.8 Å². The van der Waals surface area contributed by atoms with Crippen molar-refractivity contribution >= 4 is 23.2 Å². The molecule has 0 spiro atoms. The first kappa shape index (κ1) is 17.7. The van der Waals surface area contributed by atoms with E-state index in [1.54, 1.807) is 0 Å². The van der Waals surface area contributed by atoms with Crippen LogP contribution in [0, 0.1) is 0 Å². The molecule has 0 saturated heterocycles. The van der Waals surface area contributed by atoms with E-state index in [0.717, 1.165) is 23.1 Å². The van der Waals surface area contributed by atoms with Crippen LogP contribution in [0.2, 0.25) is 0 Å². The van der Waals surface area contributed by atoms with Gasteiger partial charge in [0, 0.05) is 29.6 Å². The molecule has 0 aliphatic heterocycles. The van der Waals surface area contributed by atoms with Gasteiger partial charge in [-0.05, 0) is 30.5 Å². The number of hydrogen-bond donors (Lipinski definition) is 3. The summed E-state index contributed by atoms with van der Waals surface area (Å²) in [4.78, 5) is 26.8. The molecule has 3 rings (SSSR count). The summed E-state index contributed by atoms with van der Waals surface area (Å²) in [5.41, 5.74) is 3.26. The molecule has 3 aromatic rings. The van der Waals surface area contributed by atoms with Crippen LogP contribution in [-0.4, -0.2) is 29.4 Å². The van der Waals surface area contributed by atoms with Crippen LogP contribution in [0.15, 0.2) is 60.8 Å². The minimum absolute atomic E-state index is 0.0477. The Morgan fingerprint density at radius 3 is 2.58 bits per heavy atom. The highest BCUT2D eigenvalue weighted by atomic mass is 16.2. The number of aromatic amines is 1. The summed E-state index contributed by atoms with van der Waals surface area (Å²) in [7, 11) is 0. The molecule has 26 heavy (non-hydrogen) atoms. The molecule has 1 unspecified atom stereocenters. The molecule has 1 heterocycles. The molecule has 5 heteroatoms. The summed E-state index contributed by atoms with van der Waals surface area (Å²) in [6.45, 7) is 1.97. The van der Waals surface area contributed by atoms with Gasteiger partial charge in [-0.1, -0.05) is 48.5 Å². The molecule has 2 atom stereocenters. The van der Waals surface area contributed by atoms with Crippen LogP contribution in [0.4, 0.5) is 0 Å². The zero-order chi connectivity index (χ0) is 18.4. The summed E-state index contributed by atoms with van der Waals surface area (Å²) in [6.07, 6.45) is 3.75. The van der Waals surface area contributed by atoms with Gasteiger partial charge in [0.15, 0.2) is 0 Å². The van der Waals surface area contributed by atoms with Crippen LogP contribution >= 0.6 is 0 Å². The molecule has 5 nitrogen and oxygen atoms in total. The Hall–Kier alpha value is -3.08. The van der Waals surface area contributed by atoms with E-state index in [4.69, 9.17) is 0 Å². The Balaban J connectivity index is 1.63. The van der Waals surface area contributed by atoms with Crippen LogP contribution in [0.3, 0.4) is 0 Å². The number of carbonyl (C=O) groups is 2. The van der Waals surface area contributed by atoms with Gasteiger partial charge in [0.05, 0.1) is 0 Å². The van der Waals surface area contributed by atoms with E-state index in [1.165, 1.54) is 5.39 Å². The quantitative estimate of drug-likeness (QED) is 0.547. The Morgan fingerprint density at radius 2 is 1.81 bits per heavy atom. The molecule has 2 amide bonds. The Bertz CT molecular complexity index is 873. The third-order valence-corrected chi connectivity index (χ3v) is 4.46. The van der Waals surface area contributed by atoms with Crippen molar-refractivity contribution in [3.05, 3.63) is 71.9 Å². The smallest absolute Gasteiger partial charge is 0.243 e. The van der Waals surface area contributed by atoms with Gasteiger partial charge < -0.3 is 15.6 Å². The zero-order valence-corrected chi connectivity index (χ0v) is 14.7. The highest BCUT2D eigenvalue weighted by molar-refractivity contribution is 5.85. The molecule has 0 radical (unpaired) electrons. The highest BCUT2D eigenvalue weighted by Gasteiger charge is 2.20. The van der Waals surface area contributed by atoms with Crippen molar-refractivity contribution in [1.82, 2.24) is 15.6 Å². The second-order valence-electron chi connectivity index (χ2n) is 6.50. The summed E-state index contributed by atoms with van der Waals surface area (Å²) in [5.74, 6) is -0.173. The minimum atomic E-state index is -0.583. The summed E-state index contributed by atoms with van der Waals surface area (Å²) in [5, 5.41) is 6.81. The van der Waals surface area contributed by atoms with Gasteiger partial charge >= 0.3 is 0 Å². The van der Waals surface area contributed by atoms with Crippen LogP contribution < -0.4 is 10.6 Å². The third kappa shape index (κ3) is 4.30. The predicted octanol–water partition coefficient (Wildman–Crippen LogP) is 2.57. The zero-order valence-electron chi connectivity index (χ0n) is 14.7. The number of nitrogens with one attached hydrogen (secondary N) is 3. The number of H-pyrrole nitrogens is 1. The van der Waals surface area contributed by atoms with Gasteiger partial charge in [-0.3, -0.25) is 9.59 Å². The fourth-order valence-electron chi connectivity index (χ4n) is 3.18. The van der Waals surface area contributed by atoms with Gasteiger partial charge in [-0.25, -0.2) is 0 Å². The predicted molar refractivity (Wildman–Crippen MR) is 103 cm³/mol. The summed E-state index contributed by atoms with van der Waals surface area (Å²) in [6, 6.07) is 17.1. The van der Waals surface area contributed by atoms with Crippen LogP contribution in [0.1, 0.15) is 18.1 Å². The van der Waals surface area contributed by atoms with E-state index < -0.39 is 6.04 Å². The van der Waals surface area contributed by atoms with Gasteiger partial charge in [0.2, 0.25) is 12.3 Å². The van der Waals surface area contributed by atoms with Crippen LogP contribution in [0.5, 0.6) is 0 Å². The fraction of sp³-hybridized carbons (Fsp3) is 0.238.